The molecule has 27 heavy (non-hydrogen) atoms. The molecule has 1 N–H and O–H groups in total. The Morgan fingerprint density at radius 1 is 1.15 bits per heavy atom. The van der Waals surface area contributed by atoms with Gasteiger partial charge in [0.15, 0.2) is 11.5 Å². The van der Waals surface area contributed by atoms with Crippen molar-refractivity contribution in [2.24, 2.45) is 0 Å². The molecule has 1 amide bonds. The summed E-state index contributed by atoms with van der Waals surface area (Å²) in [6, 6.07) is 16.2. The van der Waals surface area contributed by atoms with E-state index >= 15 is 0 Å². The summed E-state index contributed by atoms with van der Waals surface area (Å²) in [6.45, 7) is 1.82. The highest BCUT2D eigenvalue weighted by atomic mass is 35.5. The Kier molecular flexibility index (Phi) is 4.52. The molecule has 6 heteroatoms. The maximum absolute atomic E-state index is 12.8. The largest absolute Gasteiger partial charge is 0.455 e. The predicted molar refractivity (Wildman–Crippen MR) is 105 cm³/mol. The number of carbonyl (C=O) groups is 1. The molecular formula is C21H15ClN2O3. The Hall–Kier alpha value is -3.31. The van der Waals surface area contributed by atoms with Gasteiger partial charge in [-0.05, 0) is 37.3 Å². The fourth-order valence-electron chi connectivity index (χ4n) is 2.77. The quantitative estimate of drug-likeness (QED) is 0.485. The fraction of sp³-hybridized carbons (Fsp3) is 0.0476. The number of amides is 1. The standard InChI is InChI=1S/C21H15ClN2O3/c1-13-16-11-14(22)7-8-18(16)27-20(13)21(25)24-17-12-23-10-9-19(17)26-15-5-3-2-4-6-15/h2-12H,1H3,(H,24,25). The Morgan fingerprint density at radius 3 is 2.78 bits per heavy atom. The molecule has 2 heterocycles. The number of pyridine rings is 1. The van der Waals surface area contributed by atoms with E-state index in [1.165, 1.54) is 6.20 Å². The molecule has 0 aliphatic carbocycles. The van der Waals surface area contributed by atoms with E-state index in [0.29, 0.717) is 27.8 Å². The molecule has 0 fully saturated rings. The average molecular weight is 379 g/mol. The van der Waals surface area contributed by atoms with Crippen LogP contribution in [0.3, 0.4) is 0 Å². The lowest BCUT2D eigenvalue weighted by molar-refractivity contribution is 0.0997. The van der Waals surface area contributed by atoms with Crippen LogP contribution in [0.5, 0.6) is 11.5 Å². The maximum atomic E-state index is 12.8. The van der Waals surface area contributed by atoms with Gasteiger partial charge in [-0.2, -0.15) is 0 Å². The molecular weight excluding hydrogens is 364 g/mol. The maximum Gasteiger partial charge on any atom is 0.291 e. The van der Waals surface area contributed by atoms with E-state index in [1.54, 1.807) is 30.5 Å². The Morgan fingerprint density at radius 2 is 1.96 bits per heavy atom. The predicted octanol–water partition coefficient (Wildman–Crippen LogP) is 5.83. The van der Waals surface area contributed by atoms with Gasteiger partial charge < -0.3 is 14.5 Å². The minimum atomic E-state index is -0.384. The van der Waals surface area contributed by atoms with Crippen LogP contribution in [0.2, 0.25) is 5.02 Å². The normalized spacial score (nSPS) is 10.7. The number of halogens is 1. The van der Waals surface area contributed by atoms with Crippen LogP contribution in [0.4, 0.5) is 5.69 Å². The Labute approximate surface area is 160 Å². The zero-order chi connectivity index (χ0) is 18.8. The fourth-order valence-corrected chi connectivity index (χ4v) is 2.94. The van der Waals surface area contributed by atoms with Gasteiger partial charge in [0.05, 0.1) is 6.20 Å². The number of aromatic nitrogens is 1. The lowest BCUT2D eigenvalue weighted by Gasteiger charge is -2.11. The van der Waals surface area contributed by atoms with Crippen LogP contribution >= 0.6 is 11.6 Å². The number of carbonyl (C=O) groups excluding carboxylic acids is 1. The van der Waals surface area contributed by atoms with Crippen LogP contribution in [0.1, 0.15) is 16.1 Å². The summed E-state index contributed by atoms with van der Waals surface area (Å²) in [5.74, 6) is 0.989. The van der Waals surface area contributed by atoms with Crippen molar-refractivity contribution >= 4 is 34.2 Å². The monoisotopic (exact) mass is 378 g/mol. The van der Waals surface area contributed by atoms with Crippen LogP contribution in [-0.4, -0.2) is 10.9 Å². The summed E-state index contributed by atoms with van der Waals surface area (Å²) in [4.78, 5) is 16.8. The number of para-hydroxylation sites is 1. The summed E-state index contributed by atoms with van der Waals surface area (Å²) in [5.41, 5.74) is 1.78. The first-order valence-electron chi connectivity index (χ1n) is 8.29. The molecule has 0 saturated carbocycles. The van der Waals surface area contributed by atoms with E-state index in [-0.39, 0.29) is 11.7 Å². The average Bonchev–Trinajstić information content (AvgIpc) is 3.00. The van der Waals surface area contributed by atoms with E-state index in [4.69, 9.17) is 20.8 Å². The SMILES string of the molecule is Cc1c(C(=O)Nc2cnccc2Oc2ccccc2)oc2ccc(Cl)cc12. The topological polar surface area (TPSA) is 64.4 Å². The van der Waals surface area contributed by atoms with Crippen molar-refractivity contribution in [1.82, 2.24) is 4.98 Å². The zero-order valence-corrected chi connectivity index (χ0v) is 15.2. The van der Waals surface area contributed by atoms with Gasteiger partial charge in [0, 0.05) is 28.2 Å². The van der Waals surface area contributed by atoms with Crippen LogP contribution in [-0.2, 0) is 0 Å². The Bertz CT molecular complexity index is 1120. The molecule has 134 valence electrons. The van der Waals surface area contributed by atoms with Gasteiger partial charge in [0.25, 0.3) is 5.91 Å². The molecule has 0 unspecified atom stereocenters. The van der Waals surface area contributed by atoms with E-state index in [2.05, 4.69) is 10.3 Å². The van der Waals surface area contributed by atoms with Crippen molar-refractivity contribution in [1.29, 1.82) is 0 Å². The number of hydrogen-bond donors (Lipinski definition) is 1. The van der Waals surface area contributed by atoms with Crippen LogP contribution < -0.4 is 10.1 Å². The second kappa shape index (κ2) is 7.13. The summed E-state index contributed by atoms with van der Waals surface area (Å²) in [7, 11) is 0. The third kappa shape index (κ3) is 3.50. The molecule has 0 aliphatic heterocycles. The third-order valence-corrected chi connectivity index (χ3v) is 4.34. The van der Waals surface area contributed by atoms with Gasteiger partial charge in [-0.25, -0.2) is 0 Å². The highest BCUT2D eigenvalue weighted by Gasteiger charge is 2.19. The number of benzene rings is 2. The molecule has 2 aromatic heterocycles. The molecule has 5 nitrogen and oxygen atoms in total. The van der Waals surface area contributed by atoms with Crippen molar-refractivity contribution in [3.63, 3.8) is 0 Å². The van der Waals surface area contributed by atoms with Crippen LogP contribution in [0, 0.1) is 6.92 Å². The number of aryl methyl sites for hydroxylation is 1. The molecule has 4 rings (SSSR count). The van der Waals surface area contributed by atoms with Crippen LogP contribution in [0.25, 0.3) is 11.0 Å². The molecule has 0 saturated heterocycles. The van der Waals surface area contributed by atoms with Gasteiger partial charge in [-0.1, -0.05) is 29.8 Å². The molecule has 2 aromatic carbocycles. The summed E-state index contributed by atoms with van der Waals surface area (Å²) in [6.07, 6.45) is 3.13. The van der Waals surface area contributed by atoms with E-state index in [1.807, 2.05) is 37.3 Å². The minimum Gasteiger partial charge on any atom is -0.455 e. The Balaban J connectivity index is 1.63. The van der Waals surface area contributed by atoms with Crippen molar-refractivity contribution in [2.75, 3.05) is 5.32 Å². The van der Waals surface area contributed by atoms with E-state index in [0.717, 1.165) is 10.9 Å². The molecule has 0 radical (unpaired) electrons. The number of furan rings is 1. The van der Waals surface area contributed by atoms with E-state index in [9.17, 15) is 4.79 Å². The molecule has 4 aromatic rings. The number of rotatable bonds is 4. The number of ether oxygens (including phenoxy) is 1. The lowest BCUT2D eigenvalue weighted by Crippen LogP contribution is -2.13. The van der Waals surface area contributed by atoms with E-state index < -0.39 is 0 Å². The number of hydrogen-bond acceptors (Lipinski definition) is 4. The number of fused-ring (bicyclic) bond motifs is 1. The number of nitrogens with zero attached hydrogens (tertiary/aromatic N) is 1. The summed E-state index contributed by atoms with van der Waals surface area (Å²) in [5, 5.41) is 4.20. The molecule has 0 spiro atoms. The first-order chi connectivity index (χ1) is 13.1. The van der Waals surface area contributed by atoms with Gasteiger partial charge in [-0.3, -0.25) is 9.78 Å². The highest BCUT2D eigenvalue weighted by molar-refractivity contribution is 6.31. The lowest BCUT2D eigenvalue weighted by atomic mass is 10.1. The van der Waals surface area contributed by atoms with Crippen molar-refractivity contribution < 1.29 is 13.9 Å². The first kappa shape index (κ1) is 17.1. The molecule has 0 atom stereocenters. The van der Waals surface area contributed by atoms with Gasteiger partial charge in [0.2, 0.25) is 0 Å². The van der Waals surface area contributed by atoms with Crippen molar-refractivity contribution in [3.05, 3.63) is 83.3 Å². The van der Waals surface area contributed by atoms with Crippen molar-refractivity contribution in [3.8, 4) is 11.5 Å². The summed E-state index contributed by atoms with van der Waals surface area (Å²) >= 11 is 6.04. The smallest absolute Gasteiger partial charge is 0.291 e. The van der Waals surface area contributed by atoms with Crippen LogP contribution in [0.15, 0.2) is 71.4 Å². The summed E-state index contributed by atoms with van der Waals surface area (Å²) < 4.78 is 11.6. The molecule has 0 bridgehead atoms. The van der Waals surface area contributed by atoms with Gasteiger partial charge in [-0.15, -0.1) is 0 Å². The van der Waals surface area contributed by atoms with Crippen molar-refractivity contribution in [2.45, 2.75) is 6.92 Å². The minimum absolute atomic E-state index is 0.224. The second-order valence-electron chi connectivity index (χ2n) is 5.94. The third-order valence-electron chi connectivity index (χ3n) is 4.10. The second-order valence-corrected chi connectivity index (χ2v) is 6.37. The molecule has 0 aliphatic rings. The number of anilines is 1. The van der Waals surface area contributed by atoms with Gasteiger partial charge in [0.1, 0.15) is 17.0 Å². The number of nitrogens with one attached hydrogen (secondary N) is 1. The highest BCUT2D eigenvalue weighted by Crippen LogP contribution is 2.31. The zero-order valence-electron chi connectivity index (χ0n) is 14.4. The van der Waals surface area contributed by atoms with Gasteiger partial charge >= 0.3 is 0 Å². The first-order valence-corrected chi connectivity index (χ1v) is 8.66.